The summed E-state index contributed by atoms with van der Waals surface area (Å²) in [6.07, 6.45) is 4.13. The summed E-state index contributed by atoms with van der Waals surface area (Å²) < 4.78 is 1.78. The van der Waals surface area contributed by atoms with Gasteiger partial charge in [-0.2, -0.15) is 9.61 Å². The Balaban J connectivity index is 1.62. The lowest BCUT2D eigenvalue weighted by molar-refractivity contribution is 0.833. The average molecular weight is 321 g/mol. The number of hydrogen-bond donors (Lipinski definition) is 1. The van der Waals surface area contributed by atoms with Gasteiger partial charge in [0.25, 0.3) is 0 Å². The summed E-state index contributed by atoms with van der Waals surface area (Å²) in [6.45, 7) is 6.61. The van der Waals surface area contributed by atoms with E-state index in [-0.39, 0.29) is 6.04 Å². The van der Waals surface area contributed by atoms with Crippen LogP contribution in [-0.4, -0.2) is 19.8 Å². The molecule has 1 saturated carbocycles. The fourth-order valence-electron chi connectivity index (χ4n) is 3.02. The molecule has 1 atom stereocenters. The molecule has 0 bridgehead atoms. The van der Waals surface area contributed by atoms with E-state index in [0.717, 1.165) is 17.0 Å². The van der Waals surface area contributed by atoms with E-state index < -0.39 is 0 Å². The molecule has 0 saturated heterocycles. The molecule has 24 heavy (non-hydrogen) atoms. The van der Waals surface area contributed by atoms with E-state index in [1.807, 2.05) is 0 Å². The number of rotatable bonds is 5. The topological polar surface area (TPSA) is 55.1 Å². The Morgan fingerprint density at radius 3 is 2.46 bits per heavy atom. The van der Waals surface area contributed by atoms with Crippen LogP contribution in [0.15, 0.2) is 36.7 Å². The lowest BCUT2D eigenvalue weighted by Gasteiger charge is -2.17. The second-order valence-electron chi connectivity index (χ2n) is 7.04. The summed E-state index contributed by atoms with van der Waals surface area (Å²) in [5, 5.41) is 16.4. The zero-order valence-electron chi connectivity index (χ0n) is 14.4. The van der Waals surface area contributed by atoms with Crippen molar-refractivity contribution in [2.75, 3.05) is 5.32 Å². The van der Waals surface area contributed by atoms with Crippen LogP contribution in [-0.2, 0) is 0 Å². The summed E-state index contributed by atoms with van der Waals surface area (Å²) in [7, 11) is 0. The van der Waals surface area contributed by atoms with Gasteiger partial charge in [0.1, 0.15) is 6.33 Å². The molecule has 1 fully saturated rings. The van der Waals surface area contributed by atoms with Gasteiger partial charge in [-0.3, -0.25) is 0 Å². The zero-order valence-corrected chi connectivity index (χ0v) is 14.4. The molecular formula is C19H23N5. The van der Waals surface area contributed by atoms with E-state index in [1.165, 1.54) is 24.0 Å². The number of fused-ring (bicyclic) bond motifs is 1. The molecule has 1 aliphatic carbocycles. The maximum absolute atomic E-state index is 4.62. The maximum Gasteiger partial charge on any atom is 0.200 e. The van der Waals surface area contributed by atoms with Crippen molar-refractivity contribution in [3.05, 3.63) is 53.5 Å². The highest BCUT2D eigenvalue weighted by atomic mass is 15.3. The number of anilines is 1. The van der Waals surface area contributed by atoms with Gasteiger partial charge in [-0.05, 0) is 42.9 Å². The van der Waals surface area contributed by atoms with Gasteiger partial charge in [-0.25, -0.2) is 0 Å². The highest BCUT2D eigenvalue weighted by Gasteiger charge is 2.27. The van der Waals surface area contributed by atoms with E-state index in [1.54, 1.807) is 10.8 Å². The van der Waals surface area contributed by atoms with Crippen molar-refractivity contribution in [2.45, 2.75) is 51.5 Å². The number of nitrogens with one attached hydrogen (secondary N) is 1. The molecule has 3 aromatic rings. The second-order valence-corrected chi connectivity index (χ2v) is 7.04. The van der Waals surface area contributed by atoms with Crippen LogP contribution < -0.4 is 5.32 Å². The van der Waals surface area contributed by atoms with E-state index in [9.17, 15) is 0 Å². The predicted molar refractivity (Wildman–Crippen MR) is 95.3 cm³/mol. The Bertz CT molecular complexity index is 846. The van der Waals surface area contributed by atoms with Crippen molar-refractivity contribution < 1.29 is 0 Å². The van der Waals surface area contributed by atoms with Crippen molar-refractivity contribution in [2.24, 2.45) is 0 Å². The molecule has 5 heteroatoms. The first-order valence-corrected chi connectivity index (χ1v) is 8.69. The lowest BCUT2D eigenvalue weighted by Crippen LogP contribution is -2.10. The van der Waals surface area contributed by atoms with Gasteiger partial charge >= 0.3 is 0 Å². The Labute approximate surface area is 142 Å². The van der Waals surface area contributed by atoms with Crippen LogP contribution in [0, 0.1) is 0 Å². The molecule has 4 rings (SSSR count). The molecule has 2 heterocycles. The van der Waals surface area contributed by atoms with Gasteiger partial charge in [0.2, 0.25) is 5.65 Å². The highest BCUT2D eigenvalue weighted by molar-refractivity contribution is 5.67. The number of aromatic nitrogens is 4. The second kappa shape index (κ2) is 5.89. The Morgan fingerprint density at radius 2 is 1.79 bits per heavy atom. The Hall–Kier alpha value is -2.43. The Morgan fingerprint density at radius 1 is 1.08 bits per heavy atom. The number of nitrogens with zero attached hydrogens (tertiary/aromatic N) is 4. The van der Waals surface area contributed by atoms with Crippen LogP contribution in [0.4, 0.5) is 5.69 Å². The van der Waals surface area contributed by atoms with Gasteiger partial charge in [0.05, 0.1) is 11.4 Å². The van der Waals surface area contributed by atoms with E-state index in [2.05, 4.69) is 71.7 Å². The molecule has 124 valence electrons. The summed E-state index contributed by atoms with van der Waals surface area (Å²) in [4.78, 5) is 0. The molecule has 1 aliphatic rings. The van der Waals surface area contributed by atoms with Gasteiger partial charge in [0.15, 0.2) is 0 Å². The average Bonchev–Trinajstić information content (AvgIpc) is 3.32. The molecule has 0 aliphatic heterocycles. The van der Waals surface area contributed by atoms with Crippen molar-refractivity contribution >= 4 is 11.3 Å². The summed E-state index contributed by atoms with van der Waals surface area (Å²) in [6, 6.07) is 11.2. The molecule has 0 radical (unpaired) electrons. The van der Waals surface area contributed by atoms with Gasteiger partial charge < -0.3 is 5.32 Å². The van der Waals surface area contributed by atoms with E-state index >= 15 is 0 Å². The van der Waals surface area contributed by atoms with Crippen LogP contribution in [0.3, 0.4) is 0 Å². The molecule has 1 N–H and O–H groups in total. The van der Waals surface area contributed by atoms with Gasteiger partial charge in [0, 0.05) is 12.0 Å². The normalized spacial score (nSPS) is 15.8. The predicted octanol–water partition coefficient (Wildman–Crippen LogP) is 4.30. The van der Waals surface area contributed by atoms with Crippen molar-refractivity contribution in [3.63, 3.8) is 0 Å². The molecule has 2 aromatic heterocycles. The van der Waals surface area contributed by atoms with Crippen molar-refractivity contribution in [3.8, 4) is 0 Å². The fraction of sp³-hybridized carbons (Fsp3) is 0.421. The molecule has 5 nitrogen and oxygen atoms in total. The van der Waals surface area contributed by atoms with Crippen molar-refractivity contribution in [1.29, 1.82) is 0 Å². The van der Waals surface area contributed by atoms with E-state index in [4.69, 9.17) is 0 Å². The first-order valence-electron chi connectivity index (χ1n) is 8.69. The van der Waals surface area contributed by atoms with Crippen LogP contribution in [0.5, 0.6) is 0 Å². The third-order valence-electron chi connectivity index (χ3n) is 4.76. The first kappa shape index (κ1) is 15.1. The highest BCUT2D eigenvalue weighted by Crippen LogP contribution is 2.40. The molecular weight excluding hydrogens is 298 g/mol. The van der Waals surface area contributed by atoms with Gasteiger partial charge in [-0.15, -0.1) is 10.2 Å². The molecule has 0 spiro atoms. The summed E-state index contributed by atoms with van der Waals surface area (Å²) in [5.74, 6) is 1.15. The number of hydrogen-bond acceptors (Lipinski definition) is 4. The third-order valence-corrected chi connectivity index (χ3v) is 4.76. The van der Waals surface area contributed by atoms with Crippen molar-refractivity contribution in [1.82, 2.24) is 19.8 Å². The van der Waals surface area contributed by atoms with Crippen LogP contribution in [0.2, 0.25) is 0 Å². The lowest BCUT2D eigenvalue weighted by atomic mass is 9.99. The molecule has 1 unspecified atom stereocenters. The minimum absolute atomic E-state index is 0.196. The monoisotopic (exact) mass is 321 g/mol. The SMILES string of the molecule is CC(C)c1ccc(C(C)Nc2cc(C3CC3)nn3cnnc23)cc1. The first-order chi connectivity index (χ1) is 11.6. The minimum atomic E-state index is 0.196. The maximum atomic E-state index is 4.62. The van der Waals surface area contributed by atoms with Crippen LogP contribution >= 0.6 is 0 Å². The smallest absolute Gasteiger partial charge is 0.200 e. The fourth-order valence-corrected chi connectivity index (χ4v) is 3.02. The van der Waals surface area contributed by atoms with E-state index in [0.29, 0.717) is 11.8 Å². The molecule has 1 aromatic carbocycles. The minimum Gasteiger partial charge on any atom is -0.375 e. The summed E-state index contributed by atoms with van der Waals surface area (Å²) in [5.41, 5.74) is 5.55. The van der Waals surface area contributed by atoms with Crippen LogP contribution in [0.1, 0.15) is 68.3 Å². The van der Waals surface area contributed by atoms with Gasteiger partial charge in [-0.1, -0.05) is 38.1 Å². The number of benzene rings is 1. The Kier molecular flexibility index (Phi) is 3.71. The standard InChI is InChI=1S/C19H23N5/c1-12(2)14-4-6-15(7-5-14)13(3)21-18-10-17(16-8-9-16)23-24-11-20-22-19(18)24/h4-7,10-13,16,21H,8-9H2,1-3H3. The quantitative estimate of drug-likeness (QED) is 0.761. The zero-order chi connectivity index (χ0) is 16.7. The summed E-state index contributed by atoms with van der Waals surface area (Å²) >= 11 is 0. The van der Waals surface area contributed by atoms with Crippen LogP contribution in [0.25, 0.3) is 5.65 Å². The molecule has 0 amide bonds. The third kappa shape index (κ3) is 2.86. The largest absolute Gasteiger partial charge is 0.375 e.